The van der Waals surface area contributed by atoms with Gasteiger partial charge in [-0.15, -0.1) is 0 Å². The highest BCUT2D eigenvalue weighted by Gasteiger charge is 2.43. The number of rotatable bonds is 9. The maximum atomic E-state index is 12.2. The Morgan fingerprint density at radius 3 is 2.31 bits per heavy atom. The minimum absolute atomic E-state index is 0.208. The molecule has 0 unspecified atom stereocenters. The summed E-state index contributed by atoms with van der Waals surface area (Å²) in [5.41, 5.74) is 1.77. The van der Waals surface area contributed by atoms with Crippen molar-refractivity contribution in [1.29, 1.82) is 0 Å². The van der Waals surface area contributed by atoms with Gasteiger partial charge in [0.2, 0.25) is 0 Å². The number of carbonyl (C=O) groups excluding carboxylic acids is 2. The summed E-state index contributed by atoms with van der Waals surface area (Å²) in [5, 5.41) is 13.7. The molecule has 0 atom stereocenters. The number of imide groups is 1. The van der Waals surface area contributed by atoms with Crippen molar-refractivity contribution >= 4 is 11.9 Å². The molecule has 2 fully saturated rings. The SMILES string of the molecule is Cc1ccc(OCC2(O)CCN(Cc3ccc(OCCN4C(=O)NC(C)(C)C4=O)cc3)CC2)c(C)c1. The number of hydrogen-bond acceptors (Lipinski definition) is 6. The molecule has 0 aliphatic carbocycles. The average Bonchev–Trinajstić information content (AvgIpc) is 3.02. The van der Waals surface area contributed by atoms with E-state index in [2.05, 4.69) is 23.2 Å². The van der Waals surface area contributed by atoms with E-state index in [4.69, 9.17) is 9.47 Å². The van der Waals surface area contributed by atoms with Crippen LogP contribution in [0.1, 0.15) is 43.4 Å². The highest BCUT2D eigenvalue weighted by atomic mass is 16.5. The Hall–Kier alpha value is -3.10. The number of carbonyl (C=O) groups is 2. The summed E-state index contributed by atoms with van der Waals surface area (Å²) < 4.78 is 11.7. The molecule has 2 aliphatic rings. The Morgan fingerprint density at radius 2 is 1.69 bits per heavy atom. The van der Waals surface area contributed by atoms with Crippen LogP contribution in [0.2, 0.25) is 0 Å². The van der Waals surface area contributed by atoms with Gasteiger partial charge in [-0.3, -0.25) is 14.6 Å². The van der Waals surface area contributed by atoms with Crippen molar-refractivity contribution in [3.63, 3.8) is 0 Å². The van der Waals surface area contributed by atoms with Crippen molar-refractivity contribution in [2.75, 3.05) is 32.8 Å². The van der Waals surface area contributed by atoms with Crippen LogP contribution in [0.5, 0.6) is 11.5 Å². The minimum Gasteiger partial charge on any atom is -0.492 e. The number of aryl methyl sites for hydroxylation is 2. The van der Waals surface area contributed by atoms with Crippen LogP contribution >= 0.6 is 0 Å². The predicted octanol–water partition coefficient (Wildman–Crippen LogP) is 3.42. The van der Waals surface area contributed by atoms with Gasteiger partial charge in [-0.05, 0) is 69.9 Å². The first kappa shape index (κ1) is 26.0. The number of nitrogens with one attached hydrogen (secondary N) is 1. The van der Waals surface area contributed by atoms with E-state index in [1.54, 1.807) is 13.8 Å². The number of ether oxygens (including phenoxy) is 2. The Morgan fingerprint density at radius 1 is 1.00 bits per heavy atom. The first-order valence-electron chi connectivity index (χ1n) is 12.6. The lowest BCUT2D eigenvalue weighted by Gasteiger charge is -2.38. The molecule has 2 aromatic rings. The van der Waals surface area contributed by atoms with E-state index in [0.29, 0.717) is 25.2 Å². The van der Waals surface area contributed by atoms with Crippen LogP contribution in [0.4, 0.5) is 4.79 Å². The van der Waals surface area contributed by atoms with Gasteiger partial charge in [0.15, 0.2) is 0 Å². The van der Waals surface area contributed by atoms with Crippen molar-refractivity contribution in [3.8, 4) is 11.5 Å². The molecule has 4 rings (SSSR count). The van der Waals surface area contributed by atoms with Crippen LogP contribution in [0, 0.1) is 13.8 Å². The zero-order chi connectivity index (χ0) is 25.9. The van der Waals surface area contributed by atoms with E-state index in [0.717, 1.165) is 36.5 Å². The van der Waals surface area contributed by atoms with Crippen molar-refractivity contribution in [1.82, 2.24) is 15.1 Å². The molecule has 8 heteroatoms. The second-order valence-electron chi connectivity index (χ2n) is 10.6. The van der Waals surface area contributed by atoms with Gasteiger partial charge in [-0.1, -0.05) is 29.8 Å². The summed E-state index contributed by atoms with van der Waals surface area (Å²) in [6.45, 7) is 10.6. The third-order valence-electron chi connectivity index (χ3n) is 6.97. The molecule has 2 aliphatic heterocycles. The van der Waals surface area contributed by atoms with Crippen molar-refractivity contribution in [3.05, 3.63) is 59.2 Å². The van der Waals surface area contributed by atoms with Gasteiger partial charge < -0.3 is 19.9 Å². The maximum absolute atomic E-state index is 12.2. The minimum atomic E-state index is -0.865. The number of likely N-dealkylation sites (tertiary alicyclic amines) is 1. The van der Waals surface area contributed by atoms with Gasteiger partial charge >= 0.3 is 6.03 Å². The van der Waals surface area contributed by atoms with Crippen LogP contribution in [-0.2, 0) is 11.3 Å². The first-order chi connectivity index (χ1) is 17.0. The summed E-state index contributed by atoms with van der Waals surface area (Å²) in [4.78, 5) is 27.7. The molecule has 8 nitrogen and oxygen atoms in total. The number of aliphatic hydroxyl groups is 1. The van der Waals surface area contributed by atoms with Gasteiger partial charge in [0.1, 0.15) is 35.9 Å². The Kier molecular flexibility index (Phi) is 7.57. The van der Waals surface area contributed by atoms with E-state index in [1.807, 2.05) is 43.3 Å². The number of piperidine rings is 1. The lowest BCUT2D eigenvalue weighted by Crippen LogP contribution is -2.47. The van der Waals surface area contributed by atoms with Crippen molar-refractivity contribution in [2.24, 2.45) is 0 Å². The van der Waals surface area contributed by atoms with Crippen molar-refractivity contribution < 1.29 is 24.2 Å². The highest BCUT2D eigenvalue weighted by Crippen LogP contribution is 2.27. The molecule has 0 saturated carbocycles. The number of hydrogen-bond donors (Lipinski definition) is 2. The first-order valence-corrected chi connectivity index (χ1v) is 12.6. The van der Waals surface area contributed by atoms with Crippen LogP contribution in [0.25, 0.3) is 0 Å². The van der Waals surface area contributed by atoms with E-state index < -0.39 is 11.1 Å². The molecular weight excluding hydrogens is 458 g/mol. The molecule has 0 radical (unpaired) electrons. The number of benzene rings is 2. The molecule has 194 valence electrons. The molecule has 3 amide bonds. The third kappa shape index (κ3) is 6.17. The zero-order valence-electron chi connectivity index (χ0n) is 21.7. The van der Waals surface area contributed by atoms with Crippen LogP contribution in [-0.4, -0.2) is 70.8 Å². The summed E-state index contributed by atoms with van der Waals surface area (Å²) in [6.07, 6.45) is 1.33. The quantitative estimate of drug-likeness (QED) is 0.518. The number of amides is 3. The lowest BCUT2D eigenvalue weighted by atomic mass is 9.92. The highest BCUT2D eigenvalue weighted by molar-refractivity contribution is 6.06. The molecule has 0 bridgehead atoms. The van der Waals surface area contributed by atoms with E-state index in [1.165, 1.54) is 10.5 Å². The van der Waals surface area contributed by atoms with Crippen LogP contribution in [0.15, 0.2) is 42.5 Å². The largest absolute Gasteiger partial charge is 0.492 e. The fourth-order valence-corrected chi connectivity index (χ4v) is 4.67. The zero-order valence-corrected chi connectivity index (χ0v) is 21.7. The van der Waals surface area contributed by atoms with Gasteiger partial charge in [0, 0.05) is 19.6 Å². The normalized spacial score (nSPS) is 19.3. The standard InChI is InChI=1S/C28H37N3O5/c1-20-5-10-24(21(2)17-20)36-19-28(34)11-13-30(14-12-28)18-22-6-8-23(9-7-22)35-16-15-31-25(32)27(3,4)29-26(31)33/h5-10,17,34H,11-16,18-19H2,1-4H3,(H,29,33). The summed E-state index contributed by atoms with van der Waals surface area (Å²) in [6, 6.07) is 13.6. The summed E-state index contributed by atoms with van der Waals surface area (Å²) in [7, 11) is 0. The Labute approximate surface area is 213 Å². The average molecular weight is 496 g/mol. The van der Waals surface area contributed by atoms with E-state index in [9.17, 15) is 14.7 Å². The lowest BCUT2D eigenvalue weighted by molar-refractivity contribution is -0.130. The molecule has 0 spiro atoms. The fraction of sp³-hybridized carbons (Fsp3) is 0.500. The van der Waals surface area contributed by atoms with Crippen molar-refractivity contribution in [2.45, 2.75) is 58.2 Å². The molecule has 0 aromatic heterocycles. The molecule has 2 heterocycles. The topological polar surface area (TPSA) is 91.3 Å². The van der Waals surface area contributed by atoms with Crippen LogP contribution in [0.3, 0.4) is 0 Å². The van der Waals surface area contributed by atoms with E-state index in [-0.39, 0.29) is 25.1 Å². The summed E-state index contributed by atoms with van der Waals surface area (Å²) >= 11 is 0. The third-order valence-corrected chi connectivity index (χ3v) is 6.97. The second kappa shape index (κ2) is 10.5. The predicted molar refractivity (Wildman–Crippen MR) is 137 cm³/mol. The smallest absolute Gasteiger partial charge is 0.325 e. The maximum Gasteiger partial charge on any atom is 0.325 e. The van der Waals surface area contributed by atoms with Gasteiger partial charge in [0.05, 0.1) is 6.54 Å². The number of nitrogens with zero attached hydrogens (tertiary/aromatic N) is 2. The molecule has 2 aromatic carbocycles. The molecule has 2 N–H and O–H groups in total. The monoisotopic (exact) mass is 495 g/mol. The fourth-order valence-electron chi connectivity index (χ4n) is 4.67. The van der Waals surface area contributed by atoms with Gasteiger partial charge in [-0.25, -0.2) is 4.79 Å². The summed E-state index contributed by atoms with van der Waals surface area (Å²) in [5.74, 6) is 1.29. The molecule has 36 heavy (non-hydrogen) atoms. The number of urea groups is 1. The Bertz CT molecular complexity index is 1090. The second-order valence-corrected chi connectivity index (χ2v) is 10.6. The van der Waals surface area contributed by atoms with Gasteiger partial charge in [-0.2, -0.15) is 0 Å². The molecule has 2 saturated heterocycles. The van der Waals surface area contributed by atoms with E-state index >= 15 is 0 Å². The molecular formula is C28H37N3O5. The van der Waals surface area contributed by atoms with Gasteiger partial charge in [0.25, 0.3) is 5.91 Å². The Balaban J connectivity index is 1.19. The van der Waals surface area contributed by atoms with Crippen LogP contribution < -0.4 is 14.8 Å².